The highest BCUT2D eigenvalue weighted by molar-refractivity contribution is 5.91. The number of urea groups is 1. The monoisotopic (exact) mass is 759 g/mol. The van der Waals surface area contributed by atoms with Crippen molar-refractivity contribution in [2.75, 3.05) is 58.2 Å². The van der Waals surface area contributed by atoms with Gasteiger partial charge in [-0.2, -0.15) is 0 Å². The van der Waals surface area contributed by atoms with Gasteiger partial charge in [0.25, 0.3) is 11.8 Å². The highest BCUT2D eigenvalue weighted by Crippen LogP contribution is 2.34. The maximum Gasteiger partial charge on any atom is 0.419 e. The number of amides is 5. The molecule has 0 bridgehead atoms. The second-order valence-corrected chi connectivity index (χ2v) is 15.5. The van der Waals surface area contributed by atoms with E-state index >= 15 is 0 Å². The summed E-state index contributed by atoms with van der Waals surface area (Å²) in [5.74, 6) is -0.283. The van der Waals surface area contributed by atoms with Gasteiger partial charge in [-0.25, -0.2) is 14.4 Å². The minimum absolute atomic E-state index is 0.0240. The number of carbonyl (C=O) groups excluding carboxylic acids is 4. The van der Waals surface area contributed by atoms with Crippen LogP contribution in [-0.2, 0) is 39.0 Å². The van der Waals surface area contributed by atoms with Crippen molar-refractivity contribution in [1.82, 2.24) is 24.2 Å². The molecule has 5 heterocycles. The van der Waals surface area contributed by atoms with Crippen LogP contribution in [-0.4, -0.2) is 119 Å². The van der Waals surface area contributed by atoms with Crippen LogP contribution in [0.15, 0.2) is 45.6 Å². The number of nitrogens with two attached hydrogens (primary N) is 1. The zero-order valence-electron chi connectivity index (χ0n) is 32.0. The minimum Gasteiger partial charge on any atom is -0.436 e. The van der Waals surface area contributed by atoms with Gasteiger partial charge in [0, 0.05) is 78.1 Å². The number of para-hydroxylation sites is 1. The molecule has 7 rings (SSSR count). The maximum absolute atomic E-state index is 14.3. The van der Waals surface area contributed by atoms with Crippen molar-refractivity contribution in [1.29, 1.82) is 0 Å². The van der Waals surface area contributed by atoms with E-state index in [1.807, 2.05) is 52.0 Å². The van der Waals surface area contributed by atoms with Gasteiger partial charge in [0.1, 0.15) is 0 Å². The number of methoxy groups -OCH3 is 1. The number of anilines is 1. The largest absolute Gasteiger partial charge is 0.436 e. The fourth-order valence-electron chi connectivity index (χ4n) is 9.25. The smallest absolute Gasteiger partial charge is 0.419 e. The Morgan fingerprint density at radius 2 is 1.56 bits per heavy atom. The number of aryl methyl sites for hydroxylation is 2. The summed E-state index contributed by atoms with van der Waals surface area (Å²) in [6.07, 6.45) is 3.26. The molecule has 4 aliphatic rings. The molecule has 2 atom stereocenters. The van der Waals surface area contributed by atoms with Crippen LogP contribution in [0.4, 0.5) is 15.3 Å². The Morgan fingerprint density at radius 1 is 0.909 bits per heavy atom. The summed E-state index contributed by atoms with van der Waals surface area (Å²) >= 11 is 0. The molecule has 0 spiro atoms. The standard InChI is InChI=1S/C40H53N7O8/c1-25-22-26(23-32-34(25)43(2)39(51)54-32)24-33(36(49)44-15-8-27(9-16-44)28-10-17-45(18-11-28)37(53-3)35(41)48)55-40(52)46-19-13-30(14-20-46)47-21-12-29-6-4-5-7-31(29)42-38(47)50/h4-7,22-23,27-28,30,33,37H,8-21,24H2,1-3H3,(H2,41,48)(H,42,50)/t33-,37?/m1/s1. The van der Waals surface area contributed by atoms with Gasteiger partial charge in [0.05, 0.1) is 5.52 Å². The Hall–Kier alpha value is -4.89. The average molecular weight is 760 g/mol. The van der Waals surface area contributed by atoms with Crippen LogP contribution in [0, 0.1) is 18.8 Å². The molecule has 15 nitrogen and oxygen atoms in total. The van der Waals surface area contributed by atoms with Crippen molar-refractivity contribution in [3.8, 4) is 0 Å². The van der Waals surface area contributed by atoms with Gasteiger partial charge < -0.3 is 39.6 Å². The molecule has 3 fully saturated rings. The molecule has 1 unspecified atom stereocenters. The normalized spacial score (nSPS) is 20.5. The number of benzene rings is 2. The van der Waals surface area contributed by atoms with E-state index in [-0.39, 0.29) is 24.4 Å². The molecule has 55 heavy (non-hydrogen) atoms. The average Bonchev–Trinajstić information content (AvgIpc) is 3.36. The van der Waals surface area contributed by atoms with Crippen LogP contribution in [0.5, 0.6) is 0 Å². The molecule has 15 heteroatoms. The molecule has 0 radical (unpaired) electrons. The van der Waals surface area contributed by atoms with Crippen molar-refractivity contribution in [2.45, 2.75) is 76.7 Å². The van der Waals surface area contributed by atoms with E-state index in [0.29, 0.717) is 68.5 Å². The topological polar surface area (TPSA) is 173 Å². The van der Waals surface area contributed by atoms with Crippen molar-refractivity contribution >= 4 is 40.7 Å². The van der Waals surface area contributed by atoms with E-state index in [4.69, 9.17) is 19.6 Å². The van der Waals surface area contributed by atoms with Crippen LogP contribution >= 0.6 is 0 Å². The van der Waals surface area contributed by atoms with Crippen molar-refractivity contribution in [3.05, 3.63) is 63.6 Å². The first-order chi connectivity index (χ1) is 26.5. The number of nitrogens with one attached hydrogen (secondary N) is 1. The van der Waals surface area contributed by atoms with E-state index in [2.05, 4.69) is 5.32 Å². The summed E-state index contributed by atoms with van der Waals surface area (Å²) in [4.78, 5) is 72.7. The number of rotatable bonds is 9. The molecule has 3 aromatic rings. The third-order valence-corrected chi connectivity index (χ3v) is 12.3. The number of fused-ring (bicyclic) bond motifs is 2. The number of hydrogen-bond acceptors (Lipinski definition) is 9. The number of oxazole rings is 1. The van der Waals surface area contributed by atoms with E-state index in [9.17, 15) is 24.0 Å². The van der Waals surface area contributed by atoms with Crippen molar-refractivity contribution < 1.29 is 33.1 Å². The Morgan fingerprint density at radius 3 is 2.24 bits per heavy atom. The number of hydrogen-bond donors (Lipinski definition) is 2. The lowest BCUT2D eigenvalue weighted by Gasteiger charge is -2.42. The molecule has 3 N–H and O–H groups in total. The number of piperidine rings is 3. The van der Waals surface area contributed by atoms with Gasteiger partial charge in [-0.05, 0) is 92.5 Å². The number of nitrogens with zero attached hydrogens (tertiary/aromatic N) is 5. The Labute approximate surface area is 320 Å². The second-order valence-electron chi connectivity index (χ2n) is 15.5. The quantitative estimate of drug-likeness (QED) is 0.332. The zero-order valence-corrected chi connectivity index (χ0v) is 32.0. The Bertz CT molecular complexity index is 1950. The number of aromatic nitrogens is 1. The number of ether oxygens (including phenoxy) is 2. The SMILES string of the molecule is COC(C(N)=O)N1CCC(C2CCN(C(=O)[C@@H](Cc3cc(C)c4c(c3)oc(=O)n4C)OC(=O)N3CCC(N4CCc5ccccc5NC4=O)CC3)CC2)CC1. The molecule has 0 saturated carbocycles. The lowest BCUT2D eigenvalue weighted by Crippen LogP contribution is -2.52. The van der Waals surface area contributed by atoms with Crippen LogP contribution in [0.1, 0.15) is 55.2 Å². The molecule has 5 amide bonds. The van der Waals surface area contributed by atoms with Gasteiger partial charge in [-0.3, -0.25) is 19.1 Å². The Kier molecular flexibility index (Phi) is 11.5. The predicted octanol–water partition coefficient (Wildman–Crippen LogP) is 3.45. The molecule has 2 aromatic carbocycles. The second kappa shape index (κ2) is 16.5. The van der Waals surface area contributed by atoms with Crippen LogP contribution in [0.2, 0.25) is 0 Å². The number of likely N-dealkylation sites (tertiary alicyclic amines) is 3. The number of primary amides is 1. The molecular weight excluding hydrogens is 706 g/mol. The van der Waals surface area contributed by atoms with Gasteiger partial charge in [0.15, 0.2) is 17.9 Å². The first kappa shape index (κ1) is 38.4. The summed E-state index contributed by atoms with van der Waals surface area (Å²) < 4.78 is 18.4. The highest BCUT2D eigenvalue weighted by Gasteiger charge is 2.38. The van der Waals surface area contributed by atoms with Crippen LogP contribution in [0.3, 0.4) is 0 Å². The lowest BCUT2D eigenvalue weighted by atomic mass is 9.78. The molecule has 296 valence electrons. The van der Waals surface area contributed by atoms with E-state index in [0.717, 1.165) is 67.6 Å². The predicted molar refractivity (Wildman–Crippen MR) is 204 cm³/mol. The minimum atomic E-state index is -1.08. The van der Waals surface area contributed by atoms with E-state index in [1.54, 1.807) is 18.0 Å². The molecule has 3 saturated heterocycles. The summed E-state index contributed by atoms with van der Waals surface area (Å²) in [6, 6.07) is 11.3. The Balaban J connectivity index is 0.997. The fraction of sp³-hybridized carbons (Fsp3) is 0.575. The molecule has 0 aliphatic carbocycles. The van der Waals surface area contributed by atoms with Gasteiger partial charge in [-0.1, -0.05) is 24.3 Å². The van der Waals surface area contributed by atoms with Crippen LogP contribution < -0.4 is 16.8 Å². The summed E-state index contributed by atoms with van der Waals surface area (Å²) in [5.41, 5.74) is 10.1. The highest BCUT2D eigenvalue weighted by atomic mass is 16.6. The summed E-state index contributed by atoms with van der Waals surface area (Å²) in [7, 11) is 3.15. The lowest BCUT2D eigenvalue weighted by molar-refractivity contribution is -0.143. The van der Waals surface area contributed by atoms with Gasteiger partial charge in [-0.15, -0.1) is 0 Å². The van der Waals surface area contributed by atoms with E-state index < -0.39 is 30.1 Å². The summed E-state index contributed by atoms with van der Waals surface area (Å²) in [5, 5.41) is 3.04. The van der Waals surface area contributed by atoms with Crippen LogP contribution in [0.25, 0.3) is 11.1 Å². The fourth-order valence-corrected chi connectivity index (χ4v) is 9.25. The molecule has 4 aliphatic heterocycles. The third-order valence-electron chi connectivity index (χ3n) is 12.3. The van der Waals surface area contributed by atoms with Gasteiger partial charge >= 0.3 is 17.9 Å². The van der Waals surface area contributed by atoms with E-state index in [1.165, 1.54) is 11.7 Å². The van der Waals surface area contributed by atoms with Crippen molar-refractivity contribution in [2.24, 2.45) is 24.6 Å². The van der Waals surface area contributed by atoms with Crippen molar-refractivity contribution in [3.63, 3.8) is 0 Å². The molecular formula is C40H53N7O8. The molecule has 1 aromatic heterocycles. The van der Waals surface area contributed by atoms with Gasteiger partial charge in [0.2, 0.25) is 0 Å². The first-order valence-corrected chi connectivity index (χ1v) is 19.6. The first-order valence-electron chi connectivity index (χ1n) is 19.6. The third kappa shape index (κ3) is 8.23. The maximum atomic E-state index is 14.3. The summed E-state index contributed by atoms with van der Waals surface area (Å²) in [6.45, 7) is 5.84. The number of carbonyl (C=O) groups is 4. The zero-order chi connectivity index (χ0) is 38.8.